The lowest BCUT2D eigenvalue weighted by molar-refractivity contribution is 0.194. The van der Waals surface area contributed by atoms with Crippen molar-refractivity contribution in [1.82, 2.24) is 19.9 Å². The van der Waals surface area contributed by atoms with E-state index < -0.39 is 0 Å². The molecule has 0 fully saturated rings. The number of nitrogens with one attached hydrogen (secondary N) is 1. The number of hydrogen-bond acceptors (Lipinski definition) is 5. The maximum atomic E-state index is 5.68. The van der Waals surface area contributed by atoms with Gasteiger partial charge in [0.15, 0.2) is 11.5 Å². The topological polar surface area (TPSA) is 89.7 Å². The number of aromatic amines is 1. The number of anilines is 1. The fourth-order valence-electron chi connectivity index (χ4n) is 1.40. The highest BCUT2D eigenvalue weighted by Crippen LogP contribution is 2.13. The number of fused-ring (bicyclic) bond motifs is 1. The fraction of sp³-hybridized carbons (Fsp3) is 0.444. The first-order chi connectivity index (χ1) is 7.31. The standard InChI is InChI=1S/C9H13N5O/c1-15-4-2-3-6-13-7-8(10)11-5-12-9(7)14-6/h5H,2-4H2,1H3,(H3,10,11,12,13,14). The van der Waals surface area contributed by atoms with Gasteiger partial charge in [0.2, 0.25) is 0 Å². The van der Waals surface area contributed by atoms with Crippen LogP contribution in [0.25, 0.3) is 11.2 Å². The zero-order chi connectivity index (χ0) is 10.7. The second kappa shape index (κ2) is 4.22. The van der Waals surface area contributed by atoms with Crippen molar-refractivity contribution in [3.8, 4) is 0 Å². The van der Waals surface area contributed by atoms with Crippen molar-refractivity contribution in [3.05, 3.63) is 12.2 Å². The Kier molecular flexibility index (Phi) is 2.77. The third kappa shape index (κ3) is 2.04. The summed E-state index contributed by atoms with van der Waals surface area (Å²) >= 11 is 0. The van der Waals surface area contributed by atoms with Gasteiger partial charge in [0.05, 0.1) is 0 Å². The summed E-state index contributed by atoms with van der Waals surface area (Å²) in [6.45, 7) is 0.720. The van der Waals surface area contributed by atoms with E-state index >= 15 is 0 Å². The highest BCUT2D eigenvalue weighted by Gasteiger charge is 2.06. The van der Waals surface area contributed by atoms with Crippen molar-refractivity contribution in [3.63, 3.8) is 0 Å². The van der Waals surface area contributed by atoms with Crippen LogP contribution in [0.1, 0.15) is 12.2 Å². The number of hydrogen-bond donors (Lipinski definition) is 2. The van der Waals surface area contributed by atoms with Crippen LogP contribution in [0.4, 0.5) is 5.82 Å². The average Bonchev–Trinajstić information content (AvgIpc) is 2.63. The Balaban J connectivity index is 2.20. The number of H-pyrrole nitrogens is 1. The first-order valence-electron chi connectivity index (χ1n) is 4.75. The van der Waals surface area contributed by atoms with Gasteiger partial charge in [-0.15, -0.1) is 0 Å². The number of nitrogens with two attached hydrogens (primary N) is 1. The first-order valence-corrected chi connectivity index (χ1v) is 4.75. The zero-order valence-electron chi connectivity index (χ0n) is 8.53. The molecule has 0 aromatic carbocycles. The molecule has 0 amide bonds. The summed E-state index contributed by atoms with van der Waals surface area (Å²) in [5, 5.41) is 0. The SMILES string of the molecule is COCCCc1nc2ncnc(N)c2[nH]1. The van der Waals surface area contributed by atoms with Crippen LogP contribution in [0.15, 0.2) is 6.33 Å². The molecule has 3 N–H and O–H groups in total. The highest BCUT2D eigenvalue weighted by atomic mass is 16.5. The molecule has 0 aliphatic heterocycles. The van der Waals surface area contributed by atoms with Gasteiger partial charge in [-0.05, 0) is 6.42 Å². The van der Waals surface area contributed by atoms with E-state index in [1.165, 1.54) is 6.33 Å². The van der Waals surface area contributed by atoms with E-state index in [2.05, 4.69) is 19.9 Å². The van der Waals surface area contributed by atoms with Crippen LogP contribution < -0.4 is 5.73 Å². The minimum absolute atomic E-state index is 0.436. The molecule has 0 radical (unpaired) electrons. The van der Waals surface area contributed by atoms with E-state index in [1.54, 1.807) is 7.11 Å². The van der Waals surface area contributed by atoms with Gasteiger partial charge in [-0.3, -0.25) is 0 Å². The van der Waals surface area contributed by atoms with Crippen molar-refractivity contribution in [1.29, 1.82) is 0 Å². The number of nitrogens with zero attached hydrogens (tertiary/aromatic N) is 3. The Hall–Kier alpha value is -1.69. The van der Waals surface area contributed by atoms with E-state index in [4.69, 9.17) is 10.5 Å². The molecule has 0 atom stereocenters. The minimum Gasteiger partial charge on any atom is -0.385 e. The number of aryl methyl sites for hydroxylation is 1. The number of rotatable bonds is 4. The van der Waals surface area contributed by atoms with Gasteiger partial charge >= 0.3 is 0 Å². The maximum Gasteiger partial charge on any atom is 0.183 e. The van der Waals surface area contributed by atoms with Crippen LogP contribution in [-0.2, 0) is 11.2 Å². The molecular formula is C9H13N5O. The van der Waals surface area contributed by atoms with Gasteiger partial charge in [0.25, 0.3) is 0 Å². The molecular weight excluding hydrogens is 194 g/mol. The molecule has 80 valence electrons. The monoisotopic (exact) mass is 207 g/mol. The summed E-state index contributed by atoms with van der Waals surface area (Å²) in [6.07, 6.45) is 3.16. The van der Waals surface area contributed by atoms with Crippen LogP contribution in [0.3, 0.4) is 0 Å². The van der Waals surface area contributed by atoms with Gasteiger partial charge in [0.1, 0.15) is 17.7 Å². The molecule has 0 unspecified atom stereocenters. The number of ether oxygens (including phenoxy) is 1. The molecule has 2 rings (SSSR count). The van der Waals surface area contributed by atoms with Crippen LogP contribution in [0.2, 0.25) is 0 Å². The quantitative estimate of drug-likeness (QED) is 0.713. The van der Waals surface area contributed by atoms with Crippen molar-refractivity contribution >= 4 is 17.0 Å². The average molecular weight is 207 g/mol. The van der Waals surface area contributed by atoms with Crippen molar-refractivity contribution in [2.75, 3.05) is 19.5 Å². The molecule has 2 heterocycles. The molecule has 6 heteroatoms. The molecule has 0 bridgehead atoms. The molecule has 6 nitrogen and oxygen atoms in total. The predicted octanol–water partition coefficient (Wildman–Crippen LogP) is 0.514. The number of imidazole rings is 1. The zero-order valence-corrected chi connectivity index (χ0v) is 8.53. The van der Waals surface area contributed by atoms with Crippen molar-refractivity contribution in [2.45, 2.75) is 12.8 Å². The summed E-state index contributed by atoms with van der Waals surface area (Å²) in [5.74, 6) is 1.31. The van der Waals surface area contributed by atoms with Crippen LogP contribution in [-0.4, -0.2) is 33.7 Å². The van der Waals surface area contributed by atoms with E-state index in [-0.39, 0.29) is 0 Å². The summed E-state index contributed by atoms with van der Waals surface area (Å²) in [4.78, 5) is 15.3. The number of aromatic nitrogens is 4. The number of methoxy groups -OCH3 is 1. The van der Waals surface area contributed by atoms with Gasteiger partial charge < -0.3 is 15.5 Å². The molecule has 0 aliphatic rings. The van der Waals surface area contributed by atoms with E-state index in [0.717, 1.165) is 25.3 Å². The van der Waals surface area contributed by atoms with Crippen molar-refractivity contribution < 1.29 is 4.74 Å². The maximum absolute atomic E-state index is 5.68. The minimum atomic E-state index is 0.436. The Morgan fingerprint density at radius 1 is 1.47 bits per heavy atom. The van der Waals surface area contributed by atoms with Crippen LogP contribution >= 0.6 is 0 Å². The smallest absolute Gasteiger partial charge is 0.183 e. The van der Waals surface area contributed by atoms with Crippen LogP contribution in [0.5, 0.6) is 0 Å². The molecule has 0 saturated carbocycles. The highest BCUT2D eigenvalue weighted by molar-refractivity contribution is 5.80. The van der Waals surface area contributed by atoms with Gasteiger partial charge in [-0.25, -0.2) is 15.0 Å². The normalized spacial score (nSPS) is 11.0. The largest absolute Gasteiger partial charge is 0.385 e. The Morgan fingerprint density at radius 3 is 3.07 bits per heavy atom. The summed E-state index contributed by atoms with van der Waals surface area (Å²) in [7, 11) is 1.68. The van der Waals surface area contributed by atoms with E-state index in [1.807, 2.05) is 0 Å². The lowest BCUT2D eigenvalue weighted by Gasteiger charge is -1.95. The third-order valence-electron chi connectivity index (χ3n) is 2.13. The number of nitrogen functional groups attached to an aromatic ring is 1. The molecule has 0 saturated heterocycles. The van der Waals surface area contributed by atoms with E-state index in [0.29, 0.717) is 17.0 Å². The fourth-order valence-corrected chi connectivity index (χ4v) is 1.40. The summed E-state index contributed by atoms with van der Waals surface area (Å²) in [5.41, 5.74) is 7.01. The van der Waals surface area contributed by atoms with Gasteiger partial charge in [-0.1, -0.05) is 0 Å². The van der Waals surface area contributed by atoms with E-state index in [9.17, 15) is 0 Å². The lowest BCUT2D eigenvalue weighted by Crippen LogP contribution is -1.94. The van der Waals surface area contributed by atoms with Gasteiger partial charge in [0, 0.05) is 20.1 Å². The second-order valence-corrected chi connectivity index (χ2v) is 3.24. The summed E-state index contributed by atoms with van der Waals surface area (Å²) < 4.78 is 4.97. The predicted molar refractivity (Wildman–Crippen MR) is 56.3 cm³/mol. The third-order valence-corrected chi connectivity index (χ3v) is 2.13. The molecule has 0 aliphatic carbocycles. The first kappa shape index (κ1) is 9.85. The molecule has 2 aromatic rings. The second-order valence-electron chi connectivity index (χ2n) is 3.24. The molecule has 0 spiro atoms. The van der Waals surface area contributed by atoms with Gasteiger partial charge in [-0.2, -0.15) is 0 Å². The van der Waals surface area contributed by atoms with Crippen LogP contribution in [0, 0.1) is 0 Å². The Labute approximate surface area is 86.9 Å². The molecule has 2 aromatic heterocycles. The Morgan fingerprint density at radius 2 is 2.33 bits per heavy atom. The Bertz CT molecular complexity index is 453. The summed E-state index contributed by atoms with van der Waals surface area (Å²) in [6, 6.07) is 0. The van der Waals surface area contributed by atoms with Crippen molar-refractivity contribution in [2.24, 2.45) is 0 Å². The molecule has 15 heavy (non-hydrogen) atoms. The lowest BCUT2D eigenvalue weighted by atomic mass is 10.3.